The van der Waals surface area contributed by atoms with Crippen LogP contribution in [0, 0.1) is 0 Å². The lowest BCUT2D eigenvalue weighted by atomic mass is 9.85. The lowest BCUT2D eigenvalue weighted by molar-refractivity contribution is 1.10. The van der Waals surface area contributed by atoms with Crippen LogP contribution in [-0.2, 0) is 0 Å². The van der Waals surface area contributed by atoms with E-state index in [2.05, 4.69) is 211 Å². The summed E-state index contributed by atoms with van der Waals surface area (Å²) in [6.45, 7) is 0. The van der Waals surface area contributed by atoms with Crippen LogP contribution in [0.15, 0.2) is 206 Å². The third-order valence-electron chi connectivity index (χ3n) is 10.4. The number of hydrogen-bond donors (Lipinski definition) is 0. The molecule has 2 heteroatoms. The van der Waals surface area contributed by atoms with Gasteiger partial charge in [0.25, 0.3) is 0 Å². The Labute approximate surface area is 308 Å². The van der Waals surface area contributed by atoms with Gasteiger partial charge in [-0.15, -0.1) is 0 Å². The van der Waals surface area contributed by atoms with E-state index in [1.165, 1.54) is 66.1 Å². The fourth-order valence-electron chi connectivity index (χ4n) is 7.91. The van der Waals surface area contributed by atoms with Gasteiger partial charge in [0.1, 0.15) is 5.82 Å². The zero-order valence-electron chi connectivity index (χ0n) is 29.0. The van der Waals surface area contributed by atoms with Gasteiger partial charge in [0.05, 0.1) is 11.0 Å². The van der Waals surface area contributed by atoms with Crippen molar-refractivity contribution in [3.63, 3.8) is 0 Å². The normalized spacial score (nSPS) is 11.4. The molecule has 248 valence electrons. The van der Waals surface area contributed by atoms with Crippen molar-refractivity contribution < 1.29 is 0 Å². The molecule has 0 spiro atoms. The van der Waals surface area contributed by atoms with E-state index in [9.17, 15) is 0 Å². The van der Waals surface area contributed by atoms with Gasteiger partial charge in [0.2, 0.25) is 0 Å². The van der Waals surface area contributed by atoms with E-state index in [1.807, 2.05) is 0 Å². The molecule has 0 fully saturated rings. The molecule has 0 radical (unpaired) electrons. The zero-order valence-corrected chi connectivity index (χ0v) is 29.0. The highest BCUT2D eigenvalue weighted by atomic mass is 15.1. The summed E-state index contributed by atoms with van der Waals surface area (Å²) in [4.78, 5) is 5.15. The van der Waals surface area contributed by atoms with E-state index in [1.54, 1.807) is 0 Å². The summed E-state index contributed by atoms with van der Waals surface area (Å²) in [7, 11) is 0. The molecule has 0 N–H and O–H groups in total. The van der Waals surface area contributed by atoms with Gasteiger partial charge in [-0.2, -0.15) is 0 Å². The molecule has 0 aliphatic rings. The fraction of sp³-hybridized carbons (Fsp3) is 0. The molecule has 0 aliphatic carbocycles. The maximum atomic E-state index is 5.15. The Morgan fingerprint density at radius 3 is 1.13 bits per heavy atom. The van der Waals surface area contributed by atoms with Gasteiger partial charge < -0.3 is 0 Å². The first-order valence-corrected chi connectivity index (χ1v) is 18.1. The average molecular weight is 675 g/mol. The second-order valence-electron chi connectivity index (χ2n) is 13.5. The van der Waals surface area contributed by atoms with Crippen LogP contribution in [0.4, 0.5) is 0 Å². The molecule has 0 bridgehead atoms. The van der Waals surface area contributed by atoms with Gasteiger partial charge in [-0.05, 0) is 90.3 Å². The molecular weight excluding hydrogens is 641 g/mol. The number of rotatable bonds is 6. The molecular formula is C51H34N2. The molecule has 53 heavy (non-hydrogen) atoms. The molecule has 0 saturated heterocycles. The highest BCUT2D eigenvalue weighted by Gasteiger charge is 2.18. The van der Waals surface area contributed by atoms with Crippen molar-refractivity contribution in [2.45, 2.75) is 0 Å². The molecule has 9 aromatic carbocycles. The summed E-state index contributed by atoms with van der Waals surface area (Å²) in [5.41, 5.74) is 14.0. The Morgan fingerprint density at radius 2 is 0.642 bits per heavy atom. The van der Waals surface area contributed by atoms with Crippen molar-refractivity contribution in [2.75, 3.05) is 0 Å². The van der Waals surface area contributed by atoms with Gasteiger partial charge in [0.15, 0.2) is 0 Å². The van der Waals surface area contributed by atoms with Crippen LogP contribution in [0.25, 0.3) is 94.2 Å². The van der Waals surface area contributed by atoms with E-state index in [-0.39, 0.29) is 0 Å². The Bertz CT molecular complexity index is 2830. The van der Waals surface area contributed by atoms with Crippen molar-refractivity contribution in [1.29, 1.82) is 0 Å². The minimum absolute atomic E-state index is 0.928. The summed E-state index contributed by atoms with van der Waals surface area (Å²) in [5.74, 6) is 0.928. The third-order valence-corrected chi connectivity index (χ3v) is 10.4. The van der Waals surface area contributed by atoms with Crippen LogP contribution in [0.2, 0.25) is 0 Å². The Hall–Kier alpha value is -7.03. The first-order chi connectivity index (χ1) is 26.3. The highest BCUT2D eigenvalue weighted by molar-refractivity contribution is 6.21. The molecule has 10 rings (SSSR count). The number of imidazole rings is 1. The van der Waals surface area contributed by atoms with Crippen LogP contribution in [-0.4, -0.2) is 9.55 Å². The number of benzene rings is 9. The fourth-order valence-corrected chi connectivity index (χ4v) is 7.91. The van der Waals surface area contributed by atoms with Crippen molar-refractivity contribution in [3.8, 4) is 61.6 Å². The predicted octanol–water partition coefficient (Wildman–Crippen LogP) is 13.7. The van der Waals surface area contributed by atoms with Crippen LogP contribution in [0.3, 0.4) is 0 Å². The van der Waals surface area contributed by atoms with Gasteiger partial charge in [-0.25, -0.2) is 4.98 Å². The monoisotopic (exact) mass is 674 g/mol. The average Bonchev–Trinajstić information content (AvgIpc) is 3.63. The van der Waals surface area contributed by atoms with Crippen molar-refractivity contribution in [2.24, 2.45) is 0 Å². The molecule has 10 aromatic rings. The summed E-state index contributed by atoms with van der Waals surface area (Å²) in [6, 6.07) is 74.0. The van der Waals surface area contributed by atoms with Gasteiger partial charge in [-0.3, -0.25) is 4.57 Å². The molecule has 0 saturated carbocycles. The topological polar surface area (TPSA) is 17.8 Å². The van der Waals surface area contributed by atoms with Crippen molar-refractivity contribution in [3.05, 3.63) is 206 Å². The maximum absolute atomic E-state index is 5.15. The first-order valence-electron chi connectivity index (χ1n) is 18.1. The largest absolute Gasteiger partial charge is 0.292 e. The lowest BCUT2D eigenvalue weighted by Gasteiger charge is -2.18. The summed E-state index contributed by atoms with van der Waals surface area (Å²) < 4.78 is 2.29. The number of nitrogens with zero attached hydrogens (tertiary/aromatic N) is 2. The van der Waals surface area contributed by atoms with E-state index in [4.69, 9.17) is 4.98 Å². The van der Waals surface area contributed by atoms with Gasteiger partial charge >= 0.3 is 0 Å². The molecule has 0 amide bonds. The second-order valence-corrected chi connectivity index (χ2v) is 13.5. The van der Waals surface area contributed by atoms with Crippen LogP contribution in [0.1, 0.15) is 0 Å². The lowest BCUT2D eigenvalue weighted by Crippen LogP contribution is -1.98. The molecule has 0 atom stereocenters. The number of para-hydroxylation sites is 2. The van der Waals surface area contributed by atoms with Crippen LogP contribution < -0.4 is 0 Å². The molecule has 1 heterocycles. The van der Waals surface area contributed by atoms with Gasteiger partial charge in [-0.1, -0.05) is 182 Å². The standard InChI is InChI=1S/C51H34N2/c1-3-13-35(14-4-1)37-23-27-39(28-24-37)49-43-17-7-9-19-45(43)50(46-20-10-8-18-44(46)49)40-31-33-42(34-32-40)53-48-22-12-11-21-47(48)52-51(53)41-29-25-38(26-30-41)36-15-5-2-6-16-36/h1-34H. The smallest absolute Gasteiger partial charge is 0.145 e. The highest BCUT2D eigenvalue weighted by Crippen LogP contribution is 2.44. The maximum Gasteiger partial charge on any atom is 0.145 e. The van der Waals surface area contributed by atoms with Gasteiger partial charge in [0, 0.05) is 11.3 Å². The van der Waals surface area contributed by atoms with E-state index in [0.717, 1.165) is 28.1 Å². The minimum Gasteiger partial charge on any atom is -0.292 e. The summed E-state index contributed by atoms with van der Waals surface area (Å²) >= 11 is 0. The quantitative estimate of drug-likeness (QED) is 0.161. The van der Waals surface area contributed by atoms with Crippen LogP contribution in [0.5, 0.6) is 0 Å². The van der Waals surface area contributed by atoms with Crippen molar-refractivity contribution >= 4 is 32.6 Å². The third kappa shape index (κ3) is 5.40. The molecule has 1 aromatic heterocycles. The van der Waals surface area contributed by atoms with Crippen LogP contribution >= 0.6 is 0 Å². The van der Waals surface area contributed by atoms with E-state index in [0.29, 0.717) is 0 Å². The number of aromatic nitrogens is 2. The Morgan fingerprint density at radius 1 is 0.283 bits per heavy atom. The first kappa shape index (κ1) is 30.8. The van der Waals surface area contributed by atoms with E-state index < -0.39 is 0 Å². The molecule has 0 unspecified atom stereocenters. The zero-order chi connectivity index (χ0) is 35.1. The number of fused-ring (bicyclic) bond motifs is 3. The summed E-state index contributed by atoms with van der Waals surface area (Å²) in [6.07, 6.45) is 0. The minimum atomic E-state index is 0.928. The molecule has 0 aliphatic heterocycles. The number of hydrogen-bond acceptors (Lipinski definition) is 1. The SMILES string of the molecule is c1ccc(-c2ccc(-c3c4ccccc4c(-c4ccc(-n5c(-c6ccc(-c7ccccc7)cc6)nc6ccccc65)cc4)c4ccccc34)cc2)cc1. The predicted molar refractivity (Wildman–Crippen MR) is 223 cm³/mol. The Kier molecular flexibility index (Phi) is 7.51. The van der Waals surface area contributed by atoms with E-state index >= 15 is 0 Å². The van der Waals surface area contributed by atoms with Crippen molar-refractivity contribution in [1.82, 2.24) is 9.55 Å². The summed E-state index contributed by atoms with van der Waals surface area (Å²) in [5, 5.41) is 4.99. The second kappa shape index (κ2) is 12.9. The molecule has 2 nitrogen and oxygen atoms in total. The Balaban J connectivity index is 1.09.